The number of hydrogen-bond donors (Lipinski definition) is 1. The fourth-order valence-electron chi connectivity index (χ4n) is 2.46. The number of piperidine rings is 1. The maximum Gasteiger partial charge on any atom is 0.185 e. The van der Waals surface area contributed by atoms with Crippen LogP contribution in [0.4, 0.5) is 5.13 Å². The minimum absolute atomic E-state index is 0.649. The summed E-state index contributed by atoms with van der Waals surface area (Å²) in [6.45, 7) is 4.75. The first-order valence-electron chi connectivity index (χ1n) is 7.26. The lowest BCUT2D eigenvalue weighted by Crippen LogP contribution is -2.45. The van der Waals surface area contributed by atoms with E-state index in [1.807, 2.05) is 6.20 Å². The number of methoxy groups -OCH3 is 1. The van der Waals surface area contributed by atoms with Gasteiger partial charge in [0.25, 0.3) is 0 Å². The number of rotatable bonds is 7. The molecule has 0 saturated carbocycles. The molecule has 0 radical (unpaired) electrons. The Morgan fingerprint density at radius 1 is 1.55 bits per heavy atom. The average molecular weight is 298 g/mol. The second kappa shape index (κ2) is 7.93. The van der Waals surface area contributed by atoms with Crippen LogP contribution in [0.3, 0.4) is 0 Å². The molecule has 0 spiro atoms. The summed E-state index contributed by atoms with van der Waals surface area (Å²) >= 11 is 1.80. The number of anilines is 1. The summed E-state index contributed by atoms with van der Waals surface area (Å²) in [6.07, 6.45) is 4.54. The van der Waals surface area contributed by atoms with Gasteiger partial charge in [-0.15, -0.1) is 11.3 Å². The number of aromatic nitrogens is 1. The molecule has 1 N–H and O–H groups in total. The van der Waals surface area contributed by atoms with Crippen LogP contribution in [0.2, 0.25) is 0 Å². The van der Waals surface area contributed by atoms with E-state index in [1.54, 1.807) is 18.4 Å². The lowest BCUT2D eigenvalue weighted by Gasteiger charge is -2.35. The van der Waals surface area contributed by atoms with E-state index in [-0.39, 0.29) is 0 Å². The van der Waals surface area contributed by atoms with E-state index in [4.69, 9.17) is 4.74 Å². The number of nitrogens with zero attached hydrogens (tertiary/aromatic N) is 3. The zero-order valence-electron chi connectivity index (χ0n) is 12.8. The molecule has 6 heteroatoms. The van der Waals surface area contributed by atoms with Crippen molar-refractivity contribution in [3.63, 3.8) is 0 Å². The monoisotopic (exact) mass is 298 g/mol. The van der Waals surface area contributed by atoms with Crippen LogP contribution in [0.1, 0.15) is 17.7 Å². The van der Waals surface area contributed by atoms with Crippen LogP contribution in [-0.4, -0.2) is 63.4 Å². The van der Waals surface area contributed by atoms with Crippen LogP contribution in [0.25, 0.3) is 0 Å². The molecule has 1 saturated heterocycles. The Morgan fingerprint density at radius 2 is 2.40 bits per heavy atom. The van der Waals surface area contributed by atoms with Crippen molar-refractivity contribution >= 4 is 16.5 Å². The van der Waals surface area contributed by atoms with E-state index in [9.17, 15) is 0 Å². The average Bonchev–Trinajstić information content (AvgIpc) is 2.92. The zero-order valence-corrected chi connectivity index (χ0v) is 13.6. The second-order valence-electron chi connectivity index (χ2n) is 5.48. The van der Waals surface area contributed by atoms with E-state index >= 15 is 0 Å². The van der Waals surface area contributed by atoms with Gasteiger partial charge in [0.1, 0.15) is 0 Å². The molecule has 1 aliphatic heterocycles. The third-order valence-corrected chi connectivity index (χ3v) is 4.78. The highest BCUT2D eigenvalue weighted by atomic mass is 32.1. The van der Waals surface area contributed by atoms with Gasteiger partial charge < -0.3 is 19.9 Å². The molecule has 1 atom stereocenters. The molecule has 20 heavy (non-hydrogen) atoms. The Balaban J connectivity index is 1.84. The molecule has 0 aromatic carbocycles. The van der Waals surface area contributed by atoms with Gasteiger partial charge >= 0.3 is 0 Å². The molecular weight excluding hydrogens is 272 g/mol. The third kappa shape index (κ3) is 4.41. The van der Waals surface area contributed by atoms with Gasteiger partial charge in [-0.1, -0.05) is 0 Å². The van der Waals surface area contributed by atoms with Crippen molar-refractivity contribution in [3.05, 3.63) is 11.1 Å². The molecule has 0 amide bonds. The molecule has 1 aliphatic rings. The zero-order chi connectivity index (χ0) is 14.4. The smallest absolute Gasteiger partial charge is 0.185 e. The Hall–Kier alpha value is -0.690. The van der Waals surface area contributed by atoms with Crippen LogP contribution in [0.15, 0.2) is 6.20 Å². The maximum absolute atomic E-state index is 5.03. The van der Waals surface area contributed by atoms with Crippen LogP contribution < -0.4 is 10.2 Å². The molecule has 1 unspecified atom stereocenters. The first-order valence-corrected chi connectivity index (χ1v) is 8.08. The summed E-state index contributed by atoms with van der Waals surface area (Å²) in [7, 11) is 6.06. The summed E-state index contributed by atoms with van der Waals surface area (Å²) in [5.41, 5.74) is 0. The SMILES string of the molecule is COCCNCc1cnc(N2CCCC(N(C)C)C2)s1. The van der Waals surface area contributed by atoms with Crippen molar-refractivity contribution in [1.82, 2.24) is 15.2 Å². The van der Waals surface area contributed by atoms with E-state index in [1.165, 1.54) is 22.9 Å². The molecule has 0 aliphatic carbocycles. The predicted molar refractivity (Wildman–Crippen MR) is 84.6 cm³/mol. The van der Waals surface area contributed by atoms with E-state index in [0.29, 0.717) is 6.04 Å². The molecule has 1 aromatic heterocycles. The van der Waals surface area contributed by atoms with Crippen LogP contribution in [0.5, 0.6) is 0 Å². The fourth-order valence-corrected chi connectivity index (χ4v) is 3.38. The topological polar surface area (TPSA) is 40.6 Å². The lowest BCUT2D eigenvalue weighted by molar-refractivity contribution is 0.199. The van der Waals surface area contributed by atoms with Crippen molar-refractivity contribution in [2.24, 2.45) is 0 Å². The quantitative estimate of drug-likeness (QED) is 0.771. The minimum Gasteiger partial charge on any atom is -0.383 e. The van der Waals surface area contributed by atoms with Gasteiger partial charge in [-0.05, 0) is 26.9 Å². The highest BCUT2D eigenvalue weighted by Gasteiger charge is 2.23. The molecule has 2 heterocycles. The normalized spacial score (nSPS) is 19.8. The van der Waals surface area contributed by atoms with Gasteiger partial charge in [-0.3, -0.25) is 0 Å². The predicted octanol–water partition coefficient (Wildman–Crippen LogP) is 1.41. The number of likely N-dealkylation sites (N-methyl/N-ethyl adjacent to an activating group) is 1. The summed E-state index contributed by atoms with van der Waals surface area (Å²) in [5, 5.41) is 4.53. The van der Waals surface area contributed by atoms with Gasteiger partial charge in [0, 0.05) is 50.4 Å². The van der Waals surface area contributed by atoms with Crippen molar-refractivity contribution in [3.8, 4) is 0 Å². The van der Waals surface area contributed by atoms with Crippen LogP contribution in [0, 0.1) is 0 Å². The Labute approximate surface area is 125 Å². The van der Waals surface area contributed by atoms with Gasteiger partial charge in [0.15, 0.2) is 5.13 Å². The van der Waals surface area contributed by atoms with Crippen molar-refractivity contribution in [1.29, 1.82) is 0 Å². The van der Waals surface area contributed by atoms with Crippen molar-refractivity contribution in [2.75, 3.05) is 52.3 Å². The fraction of sp³-hybridized carbons (Fsp3) is 0.786. The molecule has 0 bridgehead atoms. The summed E-state index contributed by atoms with van der Waals surface area (Å²) in [4.78, 5) is 10.6. The molecular formula is C14H26N4OS. The second-order valence-corrected chi connectivity index (χ2v) is 6.58. The number of ether oxygens (including phenoxy) is 1. The summed E-state index contributed by atoms with van der Waals surface area (Å²) in [6, 6.07) is 0.649. The highest BCUT2D eigenvalue weighted by molar-refractivity contribution is 7.15. The molecule has 2 rings (SSSR count). The number of thiazole rings is 1. The lowest BCUT2D eigenvalue weighted by atomic mass is 10.1. The van der Waals surface area contributed by atoms with Crippen molar-refractivity contribution in [2.45, 2.75) is 25.4 Å². The first kappa shape index (κ1) is 15.7. The highest BCUT2D eigenvalue weighted by Crippen LogP contribution is 2.26. The van der Waals surface area contributed by atoms with Gasteiger partial charge in [-0.2, -0.15) is 0 Å². The van der Waals surface area contributed by atoms with E-state index < -0.39 is 0 Å². The van der Waals surface area contributed by atoms with Crippen molar-refractivity contribution < 1.29 is 4.74 Å². The number of nitrogens with one attached hydrogen (secondary N) is 1. The number of hydrogen-bond acceptors (Lipinski definition) is 6. The molecule has 5 nitrogen and oxygen atoms in total. The Bertz CT molecular complexity index is 396. The molecule has 1 aromatic rings. The first-order chi connectivity index (χ1) is 9.70. The van der Waals surface area contributed by atoms with Gasteiger partial charge in [0.05, 0.1) is 6.61 Å². The summed E-state index contributed by atoms with van der Waals surface area (Å²) < 4.78 is 5.03. The van der Waals surface area contributed by atoms with E-state index in [2.05, 4.69) is 34.2 Å². The minimum atomic E-state index is 0.649. The van der Waals surface area contributed by atoms with Gasteiger partial charge in [-0.25, -0.2) is 4.98 Å². The Kier molecular flexibility index (Phi) is 6.22. The van der Waals surface area contributed by atoms with Crippen LogP contribution >= 0.6 is 11.3 Å². The summed E-state index contributed by atoms with van der Waals surface area (Å²) in [5.74, 6) is 0. The largest absolute Gasteiger partial charge is 0.383 e. The maximum atomic E-state index is 5.03. The molecule has 114 valence electrons. The Morgan fingerprint density at radius 3 is 3.15 bits per heavy atom. The standard InChI is InChI=1S/C14H26N4OS/c1-17(2)12-5-4-7-18(11-12)14-16-10-13(20-14)9-15-6-8-19-3/h10,12,15H,4-9,11H2,1-3H3. The van der Waals surface area contributed by atoms with Crippen LogP contribution in [-0.2, 0) is 11.3 Å². The third-order valence-electron chi connectivity index (χ3n) is 3.72. The molecule has 1 fully saturated rings. The van der Waals surface area contributed by atoms with E-state index in [0.717, 1.165) is 32.8 Å². The van der Waals surface area contributed by atoms with Gasteiger partial charge in [0.2, 0.25) is 0 Å².